The van der Waals surface area contributed by atoms with Crippen LogP contribution in [-0.4, -0.2) is 12.5 Å². The Hall–Kier alpha value is -0.940. The van der Waals surface area contributed by atoms with Gasteiger partial charge in [0.2, 0.25) is 5.91 Å². The van der Waals surface area contributed by atoms with Gasteiger partial charge in [-0.25, -0.2) is 4.39 Å². The van der Waals surface area contributed by atoms with E-state index in [1.54, 1.807) is 12.1 Å². The first-order chi connectivity index (χ1) is 6.61. The van der Waals surface area contributed by atoms with Crippen LogP contribution in [0.2, 0.25) is 0 Å². The molecule has 14 heavy (non-hydrogen) atoms. The molecule has 0 radical (unpaired) electrons. The maximum atomic E-state index is 13.0. The monoisotopic (exact) mass is 260 g/mol. The Morgan fingerprint density at radius 1 is 1.57 bits per heavy atom. The molecule has 1 aromatic rings. The Morgan fingerprint density at radius 2 is 2.29 bits per heavy atom. The molecule has 3 nitrogen and oxygen atoms in total. The number of nitrogens with one attached hydrogen (secondary N) is 1. The van der Waals surface area contributed by atoms with Crippen molar-refractivity contribution in [2.24, 2.45) is 5.73 Å². The number of nitrogens with two attached hydrogens (primary N) is 1. The molecule has 0 saturated carbocycles. The normalized spacial score (nSPS) is 10.1. The van der Waals surface area contributed by atoms with E-state index in [4.69, 9.17) is 5.73 Å². The van der Waals surface area contributed by atoms with Crippen LogP contribution in [0, 0.1) is 5.82 Å². The van der Waals surface area contributed by atoms with Crippen molar-refractivity contribution in [1.29, 1.82) is 0 Å². The first-order valence-electron chi connectivity index (χ1n) is 4.03. The molecular weight excluding hydrogens is 251 g/mol. The van der Waals surface area contributed by atoms with Gasteiger partial charge >= 0.3 is 0 Å². The highest BCUT2D eigenvalue weighted by molar-refractivity contribution is 9.10. The van der Waals surface area contributed by atoms with Crippen LogP contribution in [0.25, 0.3) is 0 Å². The minimum absolute atomic E-state index is 0.0863. The Balaban J connectivity index is 2.59. The molecule has 0 saturated heterocycles. The number of benzene rings is 1. The minimum atomic E-state index is -0.433. The summed E-state index contributed by atoms with van der Waals surface area (Å²) < 4.78 is 13.4. The summed E-state index contributed by atoms with van der Waals surface area (Å²) in [4.78, 5) is 10.4. The van der Waals surface area contributed by atoms with Gasteiger partial charge in [0.25, 0.3) is 0 Å². The molecule has 0 bridgehead atoms. The molecule has 1 rings (SSSR count). The van der Waals surface area contributed by atoms with Crippen LogP contribution in [0.5, 0.6) is 0 Å². The Bertz CT molecular complexity index is 344. The number of amides is 1. The van der Waals surface area contributed by atoms with E-state index in [9.17, 15) is 9.18 Å². The van der Waals surface area contributed by atoms with E-state index in [0.717, 1.165) is 5.56 Å². The van der Waals surface area contributed by atoms with E-state index in [0.29, 0.717) is 11.0 Å². The van der Waals surface area contributed by atoms with Crippen molar-refractivity contribution in [3.05, 3.63) is 34.1 Å². The highest BCUT2D eigenvalue weighted by atomic mass is 79.9. The van der Waals surface area contributed by atoms with E-state index >= 15 is 0 Å². The zero-order valence-corrected chi connectivity index (χ0v) is 8.97. The molecule has 1 aromatic carbocycles. The van der Waals surface area contributed by atoms with Gasteiger partial charge in [-0.1, -0.05) is 12.1 Å². The van der Waals surface area contributed by atoms with Crippen molar-refractivity contribution in [3.8, 4) is 0 Å². The number of primary amides is 1. The fraction of sp³-hybridized carbons (Fsp3) is 0.222. The summed E-state index contributed by atoms with van der Waals surface area (Å²) in [6.45, 7) is 0.490. The number of hydrogen-bond acceptors (Lipinski definition) is 2. The average Bonchev–Trinajstić information content (AvgIpc) is 2.12. The van der Waals surface area contributed by atoms with Crippen molar-refractivity contribution >= 4 is 21.8 Å². The van der Waals surface area contributed by atoms with Crippen LogP contribution < -0.4 is 11.1 Å². The van der Waals surface area contributed by atoms with Crippen LogP contribution in [-0.2, 0) is 11.3 Å². The van der Waals surface area contributed by atoms with Gasteiger partial charge in [-0.05, 0) is 27.6 Å². The summed E-state index contributed by atoms with van der Waals surface area (Å²) in [6.07, 6.45) is 0. The quantitative estimate of drug-likeness (QED) is 0.854. The van der Waals surface area contributed by atoms with Gasteiger partial charge in [0.1, 0.15) is 5.82 Å². The van der Waals surface area contributed by atoms with Crippen LogP contribution >= 0.6 is 15.9 Å². The van der Waals surface area contributed by atoms with Crippen LogP contribution in [0.3, 0.4) is 0 Å². The summed E-state index contributed by atoms with van der Waals surface area (Å²) >= 11 is 3.12. The zero-order valence-electron chi connectivity index (χ0n) is 7.39. The molecule has 0 aromatic heterocycles. The summed E-state index contributed by atoms with van der Waals surface area (Å²) in [6, 6.07) is 4.74. The smallest absolute Gasteiger partial charge is 0.231 e. The van der Waals surface area contributed by atoms with E-state index in [-0.39, 0.29) is 12.4 Å². The lowest BCUT2D eigenvalue weighted by atomic mass is 10.2. The van der Waals surface area contributed by atoms with Crippen molar-refractivity contribution in [2.75, 3.05) is 6.54 Å². The zero-order chi connectivity index (χ0) is 10.6. The molecule has 3 N–H and O–H groups in total. The van der Waals surface area contributed by atoms with Gasteiger partial charge in [0.05, 0.1) is 11.0 Å². The standard InChI is InChI=1S/C9H10BrFN2O/c10-9-6(2-1-3-7(9)11)4-13-5-8(12)14/h1-3,13H,4-5H2,(H2,12,14). The molecule has 0 spiro atoms. The molecule has 76 valence electrons. The second-order valence-electron chi connectivity index (χ2n) is 2.78. The maximum absolute atomic E-state index is 13.0. The second kappa shape index (κ2) is 5.07. The van der Waals surface area contributed by atoms with Crippen molar-refractivity contribution in [2.45, 2.75) is 6.54 Å². The number of carbonyl (C=O) groups is 1. The lowest BCUT2D eigenvalue weighted by Gasteiger charge is -2.05. The fourth-order valence-corrected chi connectivity index (χ4v) is 1.41. The molecular formula is C9H10BrFN2O. The number of carbonyl (C=O) groups excluding carboxylic acids is 1. The van der Waals surface area contributed by atoms with Crippen molar-refractivity contribution in [3.63, 3.8) is 0 Å². The molecule has 5 heteroatoms. The van der Waals surface area contributed by atoms with Crippen LogP contribution in [0.1, 0.15) is 5.56 Å². The van der Waals surface area contributed by atoms with Crippen LogP contribution in [0.15, 0.2) is 22.7 Å². The van der Waals surface area contributed by atoms with Crippen molar-refractivity contribution in [1.82, 2.24) is 5.32 Å². The lowest BCUT2D eigenvalue weighted by molar-refractivity contribution is -0.117. The Labute approximate surface area is 89.6 Å². The van der Waals surface area contributed by atoms with Gasteiger partial charge in [-0.3, -0.25) is 4.79 Å². The molecule has 1 amide bonds. The Morgan fingerprint density at radius 3 is 2.93 bits per heavy atom. The first-order valence-corrected chi connectivity index (χ1v) is 4.82. The van der Waals surface area contributed by atoms with Crippen molar-refractivity contribution < 1.29 is 9.18 Å². The molecule has 0 fully saturated rings. The second-order valence-corrected chi connectivity index (χ2v) is 3.58. The molecule has 0 heterocycles. The SMILES string of the molecule is NC(=O)CNCc1cccc(F)c1Br. The lowest BCUT2D eigenvalue weighted by Crippen LogP contribution is -2.28. The molecule has 0 unspecified atom stereocenters. The fourth-order valence-electron chi connectivity index (χ4n) is 1.01. The average molecular weight is 261 g/mol. The van der Waals surface area contributed by atoms with Gasteiger partial charge in [0, 0.05) is 6.54 Å². The Kier molecular flexibility index (Phi) is 4.03. The predicted molar refractivity (Wildman–Crippen MR) is 55.0 cm³/mol. The summed E-state index contributed by atoms with van der Waals surface area (Å²) in [5.74, 6) is -0.749. The van der Waals surface area contributed by atoms with Gasteiger partial charge in [-0.2, -0.15) is 0 Å². The van der Waals surface area contributed by atoms with Gasteiger partial charge in [0.15, 0.2) is 0 Å². The third kappa shape index (κ3) is 3.08. The third-order valence-electron chi connectivity index (χ3n) is 1.65. The van der Waals surface area contributed by atoms with E-state index in [2.05, 4.69) is 21.2 Å². The molecule has 0 aliphatic carbocycles. The number of halogens is 2. The molecule has 0 aliphatic heterocycles. The van der Waals surface area contributed by atoms with Gasteiger partial charge in [-0.15, -0.1) is 0 Å². The van der Waals surface area contributed by atoms with E-state index in [1.165, 1.54) is 6.07 Å². The van der Waals surface area contributed by atoms with Crippen LogP contribution in [0.4, 0.5) is 4.39 Å². The summed E-state index contributed by atoms with van der Waals surface area (Å²) in [5, 5.41) is 2.80. The highest BCUT2D eigenvalue weighted by Crippen LogP contribution is 2.19. The number of hydrogen-bond donors (Lipinski definition) is 2. The maximum Gasteiger partial charge on any atom is 0.231 e. The topological polar surface area (TPSA) is 55.1 Å². The highest BCUT2D eigenvalue weighted by Gasteiger charge is 2.04. The van der Waals surface area contributed by atoms with E-state index < -0.39 is 5.91 Å². The summed E-state index contributed by atoms with van der Waals surface area (Å²) in [7, 11) is 0. The first kappa shape index (κ1) is 11.1. The molecule has 0 atom stereocenters. The van der Waals surface area contributed by atoms with Gasteiger partial charge < -0.3 is 11.1 Å². The third-order valence-corrected chi connectivity index (χ3v) is 2.53. The summed E-state index contributed by atoms with van der Waals surface area (Å²) in [5.41, 5.74) is 5.69. The predicted octanol–water partition coefficient (Wildman–Crippen LogP) is 1.16. The molecule has 0 aliphatic rings. The minimum Gasteiger partial charge on any atom is -0.369 e. The van der Waals surface area contributed by atoms with E-state index in [1.807, 2.05) is 0 Å². The largest absolute Gasteiger partial charge is 0.369 e. The number of rotatable bonds is 4.